The van der Waals surface area contributed by atoms with Crippen molar-refractivity contribution in [2.24, 2.45) is 0 Å². The van der Waals surface area contributed by atoms with Gasteiger partial charge in [-0.1, -0.05) is 18.5 Å². The lowest BCUT2D eigenvalue weighted by Crippen LogP contribution is -1.95. The average molecular weight is 261 g/mol. The quantitative estimate of drug-likeness (QED) is 0.852. The van der Waals surface area contributed by atoms with Gasteiger partial charge in [0, 0.05) is 11.9 Å². The molecule has 0 aliphatic rings. The number of fused-ring (bicyclic) bond motifs is 1. The second-order valence-electron chi connectivity index (χ2n) is 3.00. The van der Waals surface area contributed by atoms with Crippen molar-refractivity contribution in [2.75, 3.05) is 5.75 Å². The highest BCUT2D eigenvalue weighted by Gasteiger charge is 2.10. The fraction of sp³-hybridized carbons (Fsp3) is 0.333. The highest BCUT2D eigenvalue weighted by atomic mass is 35.5. The molecule has 1 atom stereocenters. The third kappa shape index (κ3) is 2.35. The van der Waals surface area contributed by atoms with Crippen LogP contribution in [0.15, 0.2) is 16.6 Å². The normalized spacial score (nSPS) is 13.2. The van der Waals surface area contributed by atoms with Gasteiger partial charge in [0.15, 0.2) is 9.99 Å². The fourth-order valence-corrected chi connectivity index (χ4v) is 3.69. The standard InChI is InChI=1S/C9H9ClN2OS2/c1-2-3-15(13)9-12-8-7(14-9)4-6(10)5-11-8/h4-5H,2-3H2,1H3/t15-/m0/s1. The highest BCUT2D eigenvalue weighted by Crippen LogP contribution is 2.25. The molecule has 15 heavy (non-hydrogen) atoms. The molecule has 0 spiro atoms. The Balaban J connectivity index is 2.42. The van der Waals surface area contributed by atoms with E-state index in [-0.39, 0.29) is 0 Å². The van der Waals surface area contributed by atoms with Crippen LogP contribution in [0.5, 0.6) is 0 Å². The first-order valence-corrected chi connectivity index (χ1v) is 7.02. The zero-order chi connectivity index (χ0) is 10.8. The minimum atomic E-state index is -0.998. The van der Waals surface area contributed by atoms with Crippen LogP contribution < -0.4 is 0 Å². The van der Waals surface area contributed by atoms with Gasteiger partial charge in [-0.15, -0.1) is 11.3 Å². The first kappa shape index (κ1) is 11.0. The van der Waals surface area contributed by atoms with E-state index in [4.69, 9.17) is 11.6 Å². The molecule has 2 rings (SSSR count). The van der Waals surface area contributed by atoms with Crippen LogP contribution in [0.4, 0.5) is 0 Å². The summed E-state index contributed by atoms with van der Waals surface area (Å²) in [7, 11) is -0.998. The Morgan fingerprint density at radius 2 is 2.40 bits per heavy atom. The van der Waals surface area contributed by atoms with Crippen molar-refractivity contribution >= 4 is 44.1 Å². The number of rotatable bonds is 3. The zero-order valence-electron chi connectivity index (χ0n) is 8.07. The van der Waals surface area contributed by atoms with Crippen molar-refractivity contribution in [1.29, 1.82) is 0 Å². The summed E-state index contributed by atoms with van der Waals surface area (Å²) in [6, 6.07) is 1.80. The van der Waals surface area contributed by atoms with Crippen molar-refractivity contribution < 1.29 is 4.21 Å². The summed E-state index contributed by atoms with van der Waals surface area (Å²) < 4.78 is 13.2. The topological polar surface area (TPSA) is 42.9 Å². The molecule has 0 aliphatic heterocycles. The molecule has 0 amide bonds. The number of hydrogen-bond donors (Lipinski definition) is 0. The lowest BCUT2D eigenvalue weighted by Gasteiger charge is -1.91. The van der Waals surface area contributed by atoms with E-state index in [1.54, 1.807) is 12.3 Å². The first-order valence-electron chi connectivity index (χ1n) is 4.51. The Morgan fingerprint density at radius 1 is 1.60 bits per heavy atom. The Morgan fingerprint density at radius 3 is 3.13 bits per heavy atom. The maximum absolute atomic E-state index is 11.7. The number of pyridine rings is 1. The average Bonchev–Trinajstić information content (AvgIpc) is 2.60. The van der Waals surface area contributed by atoms with E-state index in [9.17, 15) is 4.21 Å². The molecular formula is C9H9ClN2OS2. The van der Waals surface area contributed by atoms with Crippen LogP contribution in [-0.4, -0.2) is 19.9 Å². The number of hydrogen-bond acceptors (Lipinski definition) is 4. The van der Waals surface area contributed by atoms with E-state index in [1.165, 1.54) is 11.3 Å². The highest BCUT2D eigenvalue weighted by molar-refractivity contribution is 7.87. The third-order valence-electron chi connectivity index (χ3n) is 1.78. The molecule has 0 bridgehead atoms. The summed E-state index contributed by atoms with van der Waals surface area (Å²) in [5.74, 6) is 0.646. The second-order valence-corrected chi connectivity index (χ2v) is 6.22. The summed E-state index contributed by atoms with van der Waals surface area (Å²) in [6.07, 6.45) is 2.44. The minimum Gasteiger partial charge on any atom is -0.252 e. The van der Waals surface area contributed by atoms with Gasteiger partial charge in [-0.05, 0) is 12.5 Å². The van der Waals surface area contributed by atoms with Gasteiger partial charge in [0.25, 0.3) is 0 Å². The molecule has 0 N–H and O–H groups in total. The predicted molar refractivity (Wildman–Crippen MR) is 64.0 cm³/mol. The third-order valence-corrected chi connectivity index (χ3v) is 4.84. The largest absolute Gasteiger partial charge is 0.252 e. The molecule has 2 aromatic rings. The van der Waals surface area contributed by atoms with Gasteiger partial charge in [-0.3, -0.25) is 4.21 Å². The molecule has 0 saturated carbocycles. The van der Waals surface area contributed by atoms with Crippen LogP contribution in [0.1, 0.15) is 13.3 Å². The van der Waals surface area contributed by atoms with E-state index < -0.39 is 10.8 Å². The Kier molecular flexibility index (Phi) is 3.33. The van der Waals surface area contributed by atoms with Crippen molar-refractivity contribution in [1.82, 2.24) is 9.97 Å². The molecule has 0 fully saturated rings. The molecule has 80 valence electrons. The van der Waals surface area contributed by atoms with Gasteiger partial charge < -0.3 is 0 Å². The predicted octanol–water partition coefficient (Wildman–Crippen LogP) is 2.86. The lowest BCUT2D eigenvalue weighted by molar-refractivity contribution is 0.681. The van der Waals surface area contributed by atoms with Crippen LogP contribution in [0, 0.1) is 0 Å². The van der Waals surface area contributed by atoms with Gasteiger partial charge in [0.1, 0.15) is 0 Å². The Hall–Kier alpha value is -0.520. The van der Waals surface area contributed by atoms with Crippen LogP contribution in [0.25, 0.3) is 10.3 Å². The van der Waals surface area contributed by atoms with Crippen molar-refractivity contribution in [3.8, 4) is 0 Å². The number of halogens is 1. The van der Waals surface area contributed by atoms with E-state index >= 15 is 0 Å². The van der Waals surface area contributed by atoms with Gasteiger partial charge in [-0.25, -0.2) is 9.97 Å². The van der Waals surface area contributed by atoms with E-state index in [2.05, 4.69) is 9.97 Å². The van der Waals surface area contributed by atoms with Gasteiger partial charge in [0.05, 0.1) is 20.5 Å². The van der Waals surface area contributed by atoms with Crippen molar-refractivity contribution in [2.45, 2.75) is 17.7 Å². The number of thiazole rings is 1. The van der Waals surface area contributed by atoms with Crippen LogP contribution >= 0.6 is 22.9 Å². The number of aromatic nitrogens is 2. The van der Waals surface area contributed by atoms with E-state index in [0.717, 1.165) is 11.1 Å². The fourth-order valence-electron chi connectivity index (χ4n) is 1.15. The van der Waals surface area contributed by atoms with Crippen molar-refractivity contribution in [3.05, 3.63) is 17.3 Å². The first-order chi connectivity index (χ1) is 7.20. The van der Waals surface area contributed by atoms with E-state index in [0.29, 0.717) is 20.8 Å². The molecule has 0 unspecified atom stereocenters. The zero-order valence-corrected chi connectivity index (χ0v) is 10.5. The Bertz CT molecular complexity index is 512. The number of nitrogens with zero attached hydrogens (tertiary/aromatic N) is 2. The second kappa shape index (κ2) is 4.55. The lowest BCUT2D eigenvalue weighted by atomic mass is 10.5. The molecule has 6 heteroatoms. The summed E-state index contributed by atoms with van der Waals surface area (Å²) in [6.45, 7) is 2.00. The molecule has 2 heterocycles. The minimum absolute atomic E-state index is 0.582. The molecule has 0 aromatic carbocycles. The maximum Gasteiger partial charge on any atom is 0.183 e. The molecule has 3 nitrogen and oxygen atoms in total. The Labute approximate surface area is 99.0 Å². The summed E-state index contributed by atoms with van der Waals surface area (Å²) in [4.78, 5) is 8.30. The molecule has 0 saturated heterocycles. The SMILES string of the molecule is CCC[S@](=O)c1nc2ncc(Cl)cc2s1. The van der Waals surface area contributed by atoms with Gasteiger partial charge >= 0.3 is 0 Å². The van der Waals surface area contributed by atoms with E-state index in [1.807, 2.05) is 6.92 Å². The summed E-state index contributed by atoms with van der Waals surface area (Å²) in [5, 5.41) is 0.582. The monoisotopic (exact) mass is 260 g/mol. The summed E-state index contributed by atoms with van der Waals surface area (Å²) >= 11 is 7.21. The van der Waals surface area contributed by atoms with Gasteiger partial charge in [-0.2, -0.15) is 0 Å². The maximum atomic E-state index is 11.7. The summed E-state index contributed by atoms with van der Waals surface area (Å²) in [5.41, 5.74) is 0.629. The van der Waals surface area contributed by atoms with Crippen LogP contribution in [-0.2, 0) is 10.8 Å². The van der Waals surface area contributed by atoms with Gasteiger partial charge in [0.2, 0.25) is 0 Å². The molecule has 0 aliphatic carbocycles. The molecular weight excluding hydrogens is 252 g/mol. The van der Waals surface area contributed by atoms with Crippen LogP contribution in [0.2, 0.25) is 5.02 Å². The smallest absolute Gasteiger partial charge is 0.183 e. The van der Waals surface area contributed by atoms with Crippen LogP contribution in [0.3, 0.4) is 0 Å². The molecule has 0 radical (unpaired) electrons. The molecule has 2 aromatic heterocycles. The van der Waals surface area contributed by atoms with Crippen molar-refractivity contribution in [3.63, 3.8) is 0 Å².